The molecule has 1 fully saturated rings. The zero-order valence-corrected chi connectivity index (χ0v) is 21.7. The normalized spacial score (nSPS) is 13.9. The number of carbonyl (C=O) groups is 2. The predicted molar refractivity (Wildman–Crippen MR) is 134 cm³/mol. The van der Waals surface area contributed by atoms with Crippen LogP contribution in [-0.4, -0.2) is 49.3 Å². The van der Waals surface area contributed by atoms with Gasteiger partial charge in [0.15, 0.2) is 9.84 Å². The van der Waals surface area contributed by atoms with Crippen molar-refractivity contribution in [2.24, 2.45) is 0 Å². The monoisotopic (exact) mass is 563 g/mol. The average Bonchev–Trinajstić information content (AvgIpc) is 3.42. The molecule has 39 heavy (non-hydrogen) atoms. The number of sulfone groups is 1. The topological polar surface area (TPSA) is 115 Å². The first-order valence-electron chi connectivity index (χ1n) is 11.7. The van der Waals surface area contributed by atoms with Crippen LogP contribution in [-0.2, 0) is 27.4 Å². The number of hydroxylamine groups is 2. The summed E-state index contributed by atoms with van der Waals surface area (Å²) in [6.45, 7) is 1.88. The highest BCUT2D eigenvalue weighted by atomic mass is 32.2. The van der Waals surface area contributed by atoms with E-state index >= 15 is 0 Å². The van der Waals surface area contributed by atoms with Crippen molar-refractivity contribution in [3.63, 3.8) is 0 Å². The van der Waals surface area contributed by atoms with Crippen LogP contribution in [0.2, 0.25) is 0 Å². The molecule has 3 aromatic rings. The lowest BCUT2D eigenvalue weighted by atomic mass is 10.1. The van der Waals surface area contributed by atoms with Crippen LogP contribution >= 0.6 is 0 Å². The van der Waals surface area contributed by atoms with Crippen molar-refractivity contribution in [2.45, 2.75) is 31.0 Å². The smallest absolute Gasteiger partial charge is 0.348 e. The number of benzene rings is 2. The molecule has 2 amide bonds. The minimum absolute atomic E-state index is 0.0349. The maximum atomic E-state index is 13.5. The van der Waals surface area contributed by atoms with Gasteiger partial charge in [-0.15, -0.1) is 0 Å². The van der Waals surface area contributed by atoms with Gasteiger partial charge in [-0.05, 0) is 55.3 Å². The van der Waals surface area contributed by atoms with Crippen molar-refractivity contribution in [3.8, 4) is 5.69 Å². The van der Waals surface area contributed by atoms with Crippen LogP contribution in [0.4, 0.5) is 13.2 Å². The maximum Gasteiger partial charge on any atom is 0.416 e. The Hall–Kier alpha value is -3.97. The number of nitrogens with zero attached hydrogens (tertiary/aromatic N) is 2. The molecule has 13 heteroatoms. The molecule has 0 spiro atoms. The van der Waals surface area contributed by atoms with Crippen LogP contribution in [0.5, 0.6) is 0 Å². The van der Waals surface area contributed by atoms with E-state index in [9.17, 15) is 36.0 Å². The van der Waals surface area contributed by atoms with Gasteiger partial charge in [-0.2, -0.15) is 13.2 Å². The second kappa shape index (κ2) is 10.7. The summed E-state index contributed by atoms with van der Waals surface area (Å²) < 4.78 is 64.4. The molecule has 0 atom stereocenters. The summed E-state index contributed by atoms with van der Waals surface area (Å²) in [7, 11) is -3.42. The highest BCUT2D eigenvalue weighted by Gasteiger charge is 2.32. The van der Waals surface area contributed by atoms with Gasteiger partial charge >= 0.3 is 6.18 Å². The fraction of sp³-hybridized carbons (Fsp3) is 0.269. The molecule has 2 aromatic carbocycles. The summed E-state index contributed by atoms with van der Waals surface area (Å²) in [5.41, 5.74) is -2.08. The van der Waals surface area contributed by atoms with E-state index in [1.807, 2.05) is 0 Å². The quantitative estimate of drug-likeness (QED) is 0.493. The van der Waals surface area contributed by atoms with Crippen molar-refractivity contribution < 1.29 is 36.0 Å². The van der Waals surface area contributed by atoms with Gasteiger partial charge in [-0.25, -0.2) is 13.5 Å². The SMILES string of the molecule is Cc1c(C(=O)N2CCCO2)cc(C(=O)NCc2ccc(S(C)(=O)=O)cc2)c(=O)n1-c1cccc(C(F)(F)F)c1. The highest BCUT2D eigenvalue weighted by molar-refractivity contribution is 7.90. The Morgan fingerprint density at radius 1 is 1.05 bits per heavy atom. The minimum Gasteiger partial charge on any atom is -0.348 e. The van der Waals surface area contributed by atoms with E-state index in [0.29, 0.717) is 18.6 Å². The van der Waals surface area contributed by atoms with Crippen molar-refractivity contribution >= 4 is 21.7 Å². The molecule has 206 valence electrons. The van der Waals surface area contributed by atoms with E-state index in [0.717, 1.165) is 40.2 Å². The van der Waals surface area contributed by atoms with Crippen molar-refractivity contribution in [1.29, 1.82) is 0 Å². The largest absolute Gasteiger partial charge is 0.416 e. The number of hydrogen-bond donors (Lipinski definition) is 1. The van der Waals surface area contributed by atoms with E-state index in [4.69, 9.17) is 4.84 Å². The molecule has 1 saturated heterocycles. The summed E-state index contributed by atoms with van der Waals surface area (Å²) in [5, 5.41) is 3.62. The first-order valence-corrected chi connectivity index (χ1v) is 13.6. The van der Waals surface area contributed by atoms with E-state index in [1.54, 1.807) is 0 Å². The third-order valence-electron chi connectivity index (χ3n) is 6.14. The molecule has 2 heterocycles. The number of alkyl halides is 3. The van der Waals surface area contributed by atoms with Gasteiger partial charge in [0.25, 0.3) is 17.4 Å². The van der Waals surface area contributed by atoms with Gasteiger partial charge in [-0.3, -0.25) is 23.8 Å². The Kier molecular flexibility index (Phi) is 7.66. The summed E-state index contributed by atoms with van der Waals surface area (Å²) in [6, 6.07) is 10.8. The zero-order chi connectivity index (χ0) is 28.5. The van der Waals surface area contributed by atoms with Crippen LogP contribution in [0.1, 0.15) is 44.0 Å². The zero-order valence-electron chi connectivity index (χ0n) is 20.9. The van der Waals surface area contributed by atoms with Crippen LogP contribution < -0.4 is 10.9 Å². The Labute approximate surface area is 221 Å². The summed E-state index contributed by atoms with van der Waals surface area (Å²) in [6.07, 6.45) is -3.05. The number of nitrogens with one attached hydrogen (secondary N) is 1. The third-order valence-corrected chi connectivity index (χ3v) is 7.27. The lowest BCUT2D eigenvalue weighted by Crippen LogP contribution is -2.36. The average molecular weight is 564 g/mol. The van der Waals surface area contributed by atoms with E-state index in [-0.39, 0.29) is 34.9 Å². The first kappa shape index (κ1) is 28.0. The van der Waals surface area contributed by atoms with Gasteiger partial charge in [0.1, 0.15) is 5.56 Å². The number of pyridine rings is 1. The number of halogens is 3. The number of hydrogen-bond acceptors (Lipinski definition) is 6. The Balaban J connectivity index is 1.75. The van der Waals surface area contributed by atoms with Gasteiger partial charge in [0.2, 0.25) is 0 Å². The fourth-order valence-electron chi connectivity index (χ4n) is 4.09. The fourth-order valence-corrected chi connectivity index (χ4v) is 4.72. The van der Waals surface area contributed by atoms with Gasteiger partial charge in [0.05, 0.1) is 29.2 Å². The Morgan fingerprint density at radius 3 is 2.33 bits per heavy atom. The van der Waals surface area contributed by atoms with Crippen molar-refractivity contribution in [1.82, 2.24) is 14.9 Å². The van der Waals surface area contributed by atoms with E-state index in [2.05, 4.69) is 5.32 Å². The lowest BCUT2D eigenvalue weighted by molar-refractivity contribution is -0.137. The molecule has 9 nitrogen and oxygen atoms in total. The highest BCUT2D eigenvalue weighted by Crippen LogP contribution is 2.30. The van der Waals surface area contributed by atoms with Gasteiger partial charge < -0.3 is 5.32 Å². The molecule has 0 unspecified atom stereocenters. The molecule has 4 rings (SSSR count). The van der Waals surface area contributed by atoms with Gasteiger partial charge in [0, 0.05) is 24.2 Å². The molecular weight excluding hydrogens is 539 g/mol. The van der Waals surface area contributed by atoms with Crippen LogP contribution in [0.25, 0.3) is 5.69 Å². The van der Waals surface area contributed by atoms with Crippen LogP contribution in [0.15, 0.2) is 64.3 Å². The lowest BCUT2D eigenvalue weighted by Gasteiger charge is -2.20. The number of carbonyl (C=O) groups excluding carboxylic acids is 2. The third kappa shape index (κ3) is 6.04. The maximum absolute atomic E-state index is 13.5. The molecule has 1 aliphatic heterocycles. The van der Waals surface area contributed by atoms with E-state index in [1.165, 1.54) is 37.3 Å². The molecule has 1 aliphatic rings. The van der Waals surface area contributed by atoms with E-state index < -0.39 is 44.5 Å². The molecule has 0 saturated carbocycles. The van der Waals surface area contributed by atoms with Crippen LogP contribution in [0.3, 0.4) is 0 Å². The summed E-state index contributed by atoms with van der Waals surface area (Å²) in [5.74, 6) is -1.51. The van der Waals surface area contributed by atoms with Crippen molar-refractivity contribution in [2.75, 3.05) is 19.4 Å². The van der Waals surface area contributed by atoms with Gasteiger partial charge in [-0.1, -0.05) is 18.2 Å². The second-order valence-corrected chi connectivity index (χ2v) is 11.0. The molecule has 1 N–H and O–H groups in total. The molecule has 0 radical (unpaired) electrons. The molecule has 0 aliphatic carbocycles. The first-order chi connectivity index (χ1) is 18.3. The summed E-state index contributed by atoms with van der Waals surface area (Å²) in [4.78, 5) is 45.2. The minimum atomic E-state index is -4.68. The molecular formula is C26H24F3N3O6S. The summed E-state index contributed by atoms with van der Waals surface area (Å²) >= 11 is 0. The molecule has 1 aromatic heterocycles. The second-order valence-electron chi connectivity index (χ2n) is 8.94. The standard InChI is InChI=1S/C26H24F3N3O6S/c1-16-21(24(34)31-11-4-12-38-31)14-22(23(33)30-15-17-7-9-20(10-8-17)39(2,36)37)25(35)32(16)19-6-3-5-18(13-19)26(27,28)29/h3,5-10,13-14H,4,11-12,15H2,1-2H3,(H,30,33). The number of rotatable bonds is 6. The predicted octanol–water partition coefficient (Wildman–Crippen LogP) is 3.28. The van der Waals surface area contributed by atoms with Crippen molar-refractivity contribution in [3.05, 3.63) is 92.9 Å². The molecule has 0 bridgehead atoms. The number of aromatic nitrogens is 1. The number of amides is 2. The van der Waals surface area contributed by atoms with Crippen LogP contribution in [0, 0.1) is 6.92 Å². The Bertz CT molecular complexity index is 1590. The Morgan fingerprint density at radius 2 is 1.74 bits per heavy atom.